The minimum Gasteiger partial charge on any atom is -0.465 e. The highest BCUT2D eigenvalue weighted by Crippen LogP contribution is 2.34. The summed E-state index contributed by atoms with van der Waals surface area (Å²) in [5, 5.41) is 2.73. The first-order chi connectivity index (χ1) is 11.2. The van der Waals surface area contributed by atoms with E-state index >= 15 is 0 Å². The zero-order valence-electron chi connectivity index (χ0n) is 12.6. The van der Waals surface area contributed by atoms with Crippen molar-refractivity contribution in [3.8, 4) is 5.88 Å². The average molecular weight is 405 g/mol. The molecule has 0 saturated heterocycles. The van der Waals surface area contributed by atoms with Crippen LogP contribution in [0.15, 0.2) is 34.8 Å². The SMILES string of the molecule is COC(=O)c1ccccc1Nc1cc(Br)c(C)nc1OC(F)(F)F. The fraction of sp³-hybridized carbons (Fsp3) is 0.200. The third-order valence-corrected chi connectivity index (χ3v) is 3.73. The summed E-state index contributed by atoms with van der Waals surface area (Å²) in [4.78, 5) is 15.5. The third-order valence-electron chi connectivity index (χ3n) is 2.93. The molecule has 0 spiro atoms. The van der Waals surface area contributed by atoms with Gasteiger partial charge in [0.15, 0.2) is 0 Å². The first kappa shape index (κ1) is 18.1. The van der Waals surface area contributed by atoms with Gasteiger partial charge in [-0.2, -0.15) is 0 Å². The van der Waals surface area contributed by atoms with Crippen molar-refractivity contribution >= 4 is 33.3 Å². The highest BCUT2D eigenvalue weighted by Gasteiger charge is 2.33. The lowest BCUT2D eigenvalue weighted by atomic mass is 10.1. The summed E-state index contributed by atoms with van der Waals surface area (Å²) in [5.41, 5.74) is 0.686. The zero-order valence-corrected chi connectivity index (χ0v) is 14.2. The highest BCUT2D eigenvalue weighted by atomic mass is 79.9. The molecule has 0 atom stereocenters. The number of anilines is 2. The van der Waals surface area contributed by atoms with Crippen LogP contribution in [0.25, 0.3) is 0 Å². The predicted octanol–water partition coefficient (Wildman–Crippen LogP) is 4.58. The Morgan fingerprint density at radius 3 is 2.54 bits per heavy atom. The second-order valence-electron chi connectivity index (χ2n) is 4.62. The Hall–Kier alpha value is -2.29. The number of para-hydroxylation sites is 1. The van der Waals surface area contributed by atoms with Crippen LogP contribution in [0.5, 0.6) is 5.88 Å². The van der Waals surface area contributed by atoms with Crippen LogP contribution in [0.4, 0.5) is 24.5 Å². The molecule has 0 fully saturated rings. The van der Waals surface area contributed by atoms with Gasteiger partial charge in [-0.05, 0) is 41.1 Å². The van der Waals surface area contributed by atoms with E-state index < -0.39 is 18.2 Å². The average Bonchev–Trinajstić information content (AvgIpc) is 2.50. The number of pyridine rings is 1. The first-order valence-electron chi connectivity index (χ1n) is 6.58. The van der Waals surface area contributed by atoms with Gasteiger partial charge < -0.3 is 14.8 Å². The monoisotopic (exact) mass is 404 g/mol. The van der Waals surface area contributed by atoms with Gasteiger partial charge in [0, 0.05) is 4.47 Å². The van der Waals surface area contributed by atoms with Crippen molar-refractivity contribution in [3.05, 3.63) is 46.1 Å². The molecular formula is C15H12BrF3N2O3. The predicted molar refractivity (Wildman–Crippen MR) is 84.4 cm³/mol. The summed E-state index contributed by atoms with van der Waals surface area (Å²) in [6.45, 7) is 1.53. The number of hydrogen-bond donors (Lipinski definition) is 1. The summed E-state index contributed by atoms with van der Waals surface area (Å²) in [7, 11) is 1.21. The van der Waals surface area contributed by atoms with Crippen molar-refractivity contribution in [2.75, 3.05) is 12.4 Å². The molecule has 2 aromatic rings. The Labute approximate surface area is 143 Å². The van der Waals surface area contributed by atoms with Crippen LogP contribution < -0.4 is 10.1 Å². The zero-order chi connectivity index (χ0) is 17.9. The fourth-order valence-corrected chi connectivity index (χ4v) is 2.18. The summed E-state index contributed by atoms with van der Waals surface area (Å²) < 4.78 is 46.8. The van der Waals surface area contributed by atoms with Crippen molar-refractivity contribution < 1.29 is 27.4 Å². The van der Waals surface area contributed by atoms with Gasteiger partial charge in [0.2, 0.25) is 5.88 Å². The molecule has 0 radical (unpaired) electrons. The highest BCUT2D eigenvalue weighted by molar-refractivity contribution is 9.10. The number of rotatable bonds is 4. The van der Waals surface area contributed by atoms with E-state index in [9.17, 15) is 18.0 Å². The minimum atomic E-state index is -4.90. The quantitative estimate of drug-likeness (QED) is 0.755. The number of hydrogen-bond acceptors (Lipinski definition) is 5. The Morgan fingerprint density at radius 2 is 1.92 bits per heavy atom. The van der Waals surface area contributed by atoms with Crippen LogP contribution in [-0.4, -0.2) is 24.4 Å². The van der Waals surface area contributed by atoms with E-state index in [1.165, 1.54) is 32.2 Å². The number of alkyl halides is 3. The maximum atomic E-state index is 12.6. The van der Waals surface area contributed by atoms with E-state index in [1.54, 1.807) is 12.1 Å². The number of aryl methyl sites for hydroxylation is 1. The molecule has 0 amide bonds. The van der Waals surface area contributed by atoms with Crippen LogP contribution in [0.3, 0.4) is 0 Å². The molecule has 0 unspecified atom stereocenters. The van der Waals surface area contributed by atoms with Gasteiger partial charge >= 0.3 is 12.3 Å². The molecule has 0 aliphatic heterocycles. The number of nitrogens with zero attached hydrogens (tertiary/aromatic N) is 1. The third kappa shape index (κ3) is 4.38. The standard InChI is InChI=1S/C15H12BrF3N2O3/c1-8-10(16)7-12(13(20-8)24-15(17,18)19)21-11-6-4-3-5-9(11)14(22)23-2/h3-7,21H,1-2H3. The van der Waals surface area contributed by atoms with Gasteiger partial charge in [-0.15, -0.1) is 13.2 Å². The maximum absolute atomic E-state index is 12.6. The number of halogens is 4. The van der Waals surface area contributed by atoms with Crippen molar-refractivity contribution in [1.29, 1.82) is 0 Å². The molecule has 0 bridgehead atoms. The normalized spacial score (nSPS) is 11.1. The summed E-state index contributed by atoms with van der Waals surface area (Å²) in [6.07, 6.45) is -4.90. The minimum absolute atomic E-state index is 0.0545. The molecule has 0 aliphatic carbocycles. The Morgan fingerprint density at radius 1 is 1.25 bits per heavy atom. The summed E-state index contributed by atoms with van der Waals surface area (Å²) in [6, 6.07) is 7.62. The van der Waals surface area contributed by atoms with Crippen LogP contribution in [0.2, 0.25) is 0 Å². The van der Waals surface area contributed by atoms with Crippen molar-refractivity contribution in [2.45, 2.75) is 13.3 Å². The van der Waals surface area contributed by atoms with E-state index in [2.05, 4.69) is 35.7 Å². The van der Waals surface area contributed by atoms with Gasteiger partial charge in [-0.25, -0.2) is 9.78 Å². The Kier molecular flexibility index (Phi) is 5.33. The van der Waals surface area contributed by atoms with Crippen molar-refractivity contribution in [3.63, 3.8) is 0 Å². The van der Waals surface area contributed by atoms with Gasteiger partial charge in [-0.3, -0.25) is 0 Å². The number of aromatic nitrogens is 1. The van der Waals surface area contributed by atoms with Crippen LogP contribution in [0, 0.1) is 6.92 Å². The van der Waals surface area contributed by atoms with E-state index in [4.69, 9.17) is 0 Å². The summed E-state index contributed by atoms with van der Waals surface area (Å²) >= 11 is 3.20. The topological polar surface area (TPSA) is 60.5 Å². The maximum Gasteiger partial charge on any atom is 0.574 e. The molecule has 1 N–H and O–H groups in total. The lowest BCUT2D eigenvalue weighted by Crippen LogP contribution is -2.19. The molecule has 24 heavy (non-hydrogen) atoms. The van der Waals surface area contributed by atoms with Gasteiger partial charge in [0.25, 0.3) is 0 Å². The first-order valence-corrected chi connectivity index (χ1v) is 7.38. The summed E-state index contributed by atoms with van der Waals surface area (Å²) in [5.74, 6) is -1.28. The molecule has 5 nitrogen and oxygen atoms in total. The van der Waals surface area contributed by atoms with E-state index in [0.717, 1.165) is 0 Å². The van der Waals surface area contributed by atoms with Crippen molar-refractivity contribution in [1.82, 2.24) is 4.98 Å². The molecule has 0 aliphatic rings. The van der Waals surface area contributed by atoms with E-state index in [-0.39, 0.29) is 16.9 Å². The van der Waals surface area contributed by atoms with Crippen LogP contribution in [-0.2, 0) is 4.74 Å². The molecule has 0 saturated carbocycles. The number of ether oxygens (including phenoxy) is 2. The molecule has 1 heterocycles. The molecular weight excluding hydrogens is 393 g/mol. The second kappa shape index (κ2) is 7.08. The number of benzene rings is 1. The lowest BCUT2D eigenvalue weighted by Gasteiger charge is -2.16. The van der Waals surface area contributed by atoms with Crippen LogP contribution in [0.1, 0.15) is 16.1 Å². The Balaban J connectivity index is 2.46. The number of carbonyl (C=O) groups is 1. The van der Waals surface area contributed by atoms with Gasteiger partial charge in [0.05, 0.1) is 24.1 Å². The van der Waals surface area contributed by atoms with Gasteiger partial charge in [-0.1, -0.05) is 12.1 Å². The number of carbonyl (C=O) groups excluding carboxylic acids is 1. The Bertz CT molecular complexity index is 766. The number of methoxy groups -OCH3 is 1. The van der Waals surface area contributed by atoms with E-state index in [1.807, 2.05) is 0 Å². The molecule has 1 aromatic carbocycles. The number of esters is 1. The fourth-order valence-electron chi connectivity index (χ4n) is 1.86. The number of nitrogens with one attached hydrogen (secondary N) is 1. The largest absolute Gasteiger partial charge is 0.574 e. The molecule has 128 valence electrons. The van der Waals surface area contributed by atoms with E-state index in [0.29, 0.717) is 10.2 Å². The molecule has 2 rings (SSSR count). The van der Waals surface area contributed by atoms with Crippen molar-refractivity contribution in [2.24, 2.45) is 0 Å². The van der Waals surface area contributed by atoms with Gasteiger partial charge in [0.1, 0.15) is 5.69 Å². The molecule has 1 aromatic heterocycles. The lowest BCUT2D eigenvalue weighted by molar-refractivity contribution is -0.275. The molecule has 9 heteroatoms. The smallest absolute Gasteiger partial charge is 0.465 e. The van der Waals surface area contributed by atoms with Crippen LogP contribution >= 0.6 is 15.9 Å². The second-order valence-corrected chi connectivity index (χ2v) is 5.47.